The first-order valence-electron chi connectivity index (χ1n) is 12.2. The Labute approximate surface area is 206 Å². The van der Waals surface area contributed by atoms with Gasteiger partial charge in [-0.3, -0.25) is 4.79 Å². The van der Waals surface area contributed by atoms with Crippen LogP contribution in [0.3, 0.4) is 0 Å². The summed E-state index contributed by atoms with van der Waals surface area (Å²) in [6.07, 6.45) is 3.81. The standard InChI is InChI=1S/C27H27FN2O6/c28-21-10-19-22(25-23(21)29-9-8-27(34,15-31)11-18(29)14-35-25)30(17-6-7-17)12-20(24(19)32)26(33)36-13-16-4-2-1-3-5-16/h1-5,10,12,17-18,31,34H,6-9,11,13-15H2/t18-,27+/m1/s1. The largest absolute Gasteiger partial charge is 0.487 e. The van der Waals surface area contributed by atoms with Crippen molar-refractivity contribution >= 4 is 22.6 Å². The lowest BCUT2D eigenvalue weighted by Crippen LogP contribution is -2.56. The van der Waals surface area contributed by atoms with Gasteiger partial charge < -0.3 is 29.2 Å². The zero-order valence-corrected chi connectivity index (χ0v) is 19.7. The summed E-state index contributed by atoms with van der Waals surface area (Å²) in [5.74, 6) is -1.09. The highest BCUT2D eigenvalue weighted by atomic mass is 19.1. The Morgan fingerprint density at radius 3 is 2.72 bits per heavy atom. The van der Waals surface area contributed by atoms with Crippen molar-refractivity contribution in [3.8, 4) is 5.75 Å². The van der Waals surface area contributed by atoms with Gasteiger partial charge in [0.05, 0.1) is 29.2 Å². The van der Waals surface area contributed by atoms with Gasteiger partial charge in [-0.2, -0.15) is 0 Å². The maximum atomic E-state index is 15.6. The quantitative estimate of drug-likeness (QED) is 0.526. The number of pyridine rings is 1. The van der Waals surface area contributed by atoms with E-state index < -0.39 is 22.8 Å². The minimum Gasteiger partial charge on any atom is -0.487 e. The predicted octanol–water partition coefficient (Wildman–Crippen LogP) is 2.92. The minimum absolute atomic E-state index is 0.0266. The smallest absolute Gasteiger partial charge is 0.343 e. The Balaban J connectivity index is 1.42. The highest BCUT2D eigenvalue weighted by molar-refractivity contribution is 5.98. The maximum Gasteiger partial charge on any atom is 0.343 e. The molecule has 6 rings (SSSR count). The number of carbonyl (C=O) groups is 1. The van der Waals surface area contributed by atoms with E-state index in [0.29, 0.717) is 18.5 Å². The first-order chi connectivity index (χ1) is 17.4. The fourth-order valence-electron chi connectivity index (χ4n) is 5.36. The lowest BCUT2D eigenvalue weighted by molar-refractivity contribution is -0.0470. The summed E-state index contributed by atoms with van der Waals surface area (Å²) in [5, 5.41) is 20.2. The minimum atomic E-state index is -1.22. The number of hydrogen-bond acceptors (Lipinski definition) is 7. The van der Waals surface area contributed by atoms with Gasteiger partial charge in [-0.25, -0.2) is 9.18 Å². The van der Waals surface area contributed by atoms with Gasteiger partial charge >= 0.3 is 5.97 Å². The Kier molecular flexibility index (Phi) is 5.49. The summed E-state index contributed by atoms with van der Waals surface area (Å²) in [5.41, 5.74) is -0.427. The molecule has 3 aliphatic rings. The molecule has 1 saturated carbocycles. The first kappa shape index (κ1) is 23.0. The van der Waals surface area contributed by atoms with Crippen LogP contribution in [0.2, 0.25) is 0 Å². The van der Waals surface area contributed by atoms with Gasteiger partial charge in [0.1, 0.15) is 24.5 Å². The van der Waals surface area contributed by atoms with E-state index in [9.17, 15) is 19.8 Å². The second kappa shape index (κ2) is 8.60. The van der Waals surface area contributed by atoms with Crippen LogP contribution in [0.15, 0.2) is 47.4 Å². The molecule has 1 saturated heterocycles. The van der Waals surface area contributed by atoms with E-state index in [1.165, 1.54) is 12.3 Å². The lowest BCUT2D eigenvalue weighted by atomic mass is 9.86. The maximum absolute atomic E-state index is 15.6. The molecule has 36 heavy (non-hydrogen) atoms. The normalized spacial score (nSPS) is 23.1. The molecule has 3 heterocycles. The number of rotatable bonds is 5. The van der Waals surface area contributed by atoms with Gasteiger partial charge in [0.2, 0.25) is 5.43 Å². The number of hydrogen-bond donors (Lipinski definition) is 2. The molecule has 9 heteroatoms. The van der Waals surface area contributed by atoms with Gasteiger partial charge in [0, 0.05) is 25.2 Å². The molecule has 1 aromatic heterocycles. The van der Waals surface area contributed by atoms with Crippen LogP contribution < -0.4 is 15.1 Å². The number of esters is 1. The molecular weight excluding hydrogens is 467 g/mol. The van der Waals surface area contributed by atoms with Crippen molar-refractivity contribution < 1.29 is 28.9 Å². The molecule has 0 amide bonds. The molecule has 0 radical (unpaired) electrons. The number of aliphatic hydroxyl groups excluding tert-OH is 1. The van der Waals surface area contributed by atoms with E-state index >= 15 is 4.39 Å². The molecule has 2 N–H and O–H groups in total. The second-order valence-electron chi connectivity index (χ2n) is 10.00. The van der Waals surface area contributed by atoms with Crippen molar-refractivity contribution in [3.63, 3.8) is 0 Å². The highest BCUT2D eigenvalue weighted by Crippen LogP contribution is 2.47. The molecule has 3 aromatic rings. The fraction of sp³-hybridized carbons (Fsp3) is 0.407. The first-order valence-corrected chi connectivity index (χ1v) is 12.2. The Morgan fingerprint density at radius 1 is 1.22 bits per heavy atom. The summed E-state index contributed by atoms with van der Waals surface area (Å²) in [6.45, 7) is 0.194. The number of benzene rings is 2. The fourth-order valence-corrected chi connectivity index (χ4v) is 5.36. The number of carbonyl (C=O) groups excluding carboxylic acids is 1. The van der Waals surface area contributed by atoms with Gasteiger partial charge in [-0.1, -0.05) is 30.3 Å². The third kappa shape index (κ3) is 3.83. The Hall–Kier alpha value is -3.43. The molecule has 2 fully saturated rings. The van der Waals surface area contributed by atoms with Crippen LogP contribution in [0.5, 0.6) is 5.75 Å². The Bertz CT molecular complexity index is 1400. The number of aromatic nitrogens is 1. The van der Waals surface area contributed by atoms with Crippen molar-refractivity contribution in [2.75, 3.05) is 24.7 Å². The highest BCUT2D eigenvalue weighted by Gasteiger charge is 2.43. The average molecular weight is 495 g/mol. The molecule has 0 spiro atoms. The van der Waals surface area contributed by atoms with Crippen LogP contribution in [-0.4, -0.2) is 52.2 Å². The second-order valence-corrected chi connectivity index (χ2v) is 10.00. The summed E-state index contributed by atoms with van der Waals surface area (Å²) in [6, 6.07) is 10.1. The Morgan fingerprint density at radius 2 is 2.00 bits per heavy atom. The molecule has 188 valence electrons. The molecule has 1 aliphatic carbocycles. The third-order valence-corrected chi connectivity index (χ3v) is 7.45. The molecule has 0 bridgehead atoms. The molecule has 2 atom stereocenters. The van der Waals surface area contributed by atoms with E-state index in [2.05, 4.69) is 0 Å². The summed E-state index contributed by atoms with van der Waals surface area (Å²) < 4.78 is 28.9. The lowest BCUT2D eigenvalue weighted by Gasteiger charge is -2.47. The zero-order chi connectivity index (χ0) is 25.0. The van der Waals surface area contributed by atoms with Crippen LogP contribution in [0, 0.1) is 5.82 Å². The van der Waals surface area contributed by atoms with Crippen molar-refractivity contribution in [1.82, 2.24) is 4.57 Å². The van der Waals surface area contributed by atoms with E-state index in [0.717, 1.165) is 18.4 Å². The number of aliphatic hydroxyl groups is 2. The number of ether oxygens (including phenoxy) is 2. The molecule has 2 aromatic carbocycles. The van der Waals surface area contributed by atoms with Crippen molar-refractivity contribution in [2.45, 2.75) is 50.0 Å². The van der Waals surface area contributed by atoms with Gasteiger partial charge in [-0.05, 0) is 30.9 Å². The molecule has 8 nitrogen and oxygen atoms in total. The van der Waals surface area contributed by atoms with E-state index in [-0.39, 0.29) is 60.7 Å². The van der Waals surface area contributed by atoms with Gasteiger partial charge in [-0.15, -0.1) is 0 Å². The molecular formula is C27H27FN2O6. The number of piperidine rings is 1. The van der Waals surface area contributed by atoms with Crippen LogP contribution in [0.1, 0.15) is 47.6 Å². The monoisotopic (exact) mass is 494 g/mol. The number of anilines is 1. The van der Waals surface area contributed by atoms with Crippen molar-refractivity contribution in [3.05, 3.63) is 69.8 Å². The van der Waals surface area contributed by atoms with Crippen molar-refractivity contribution in [1.29, 1.82) is 0 Å². The van der Waals surface area contributed by atoms with Crippen LogP contribution in [0.4, 0.5) is 10.1 Å². The van der Waals surface area contributed by atoms with Gasteiger partial charge in [0.25, 0.3) is 0 Å². The summed E-state index contributed by atoms with van der Waals surface area (Å²) in [7, 11) is 0. The summed E-state index contributed by atoms with van der Waals surface area (Å²) >= 11 is 0. The van der Waals surface area contributed by atoms with Gasteiger partial charge in [0.15, 0.2) is 11.6 Å². The SMILES string of the molecule is O=C(OCc1ccccc1)c1cn(C2CC2)c2c3c(c(F)cc2c1=O)N1CC[C@@](O)(CO)C[C@@H]1CO3. The van der Waals surface area contributed by atoms with Crippen molar-refractivity contribution in [2.24, 2.45) is 0 Å². The third-order valence-electron chi connectivity index (χ3n) is 7.45. The van der Waals surface area contributed by atoms with Crippen LogP contribution in [-0.2, 0) is 11.3 Å². The number of nitrogens with zero attached hydrogens (tertiary/aromatic N) is 2. The summed E-state index contributed by atoms with van der Waals surface area (Å²) in [4.78, 5) is 28.2. The van der Waals surface area contributed by atoms with E-state index in [1.807, 2.05) is 39.8 Å². The zero-order valence-electron chi connectivity index (χ0n) is 19.7. The number of fused-ring (bicyclic) bond motifs is 5. The number of halogens is 1. The topological polar surface area (TPSA) is 101 Å². The predicted molar refractivity (Wildman–Crippen MR) is 130 cm³/mol. The van der Waals surface area contributed by atoms with E-state index in [4.69, 9.17) is 9.47 Å². The van der Waals surface area contributed by atoms with Crippen LogP contribution in [0.25, 0.3) is 10.9 Å². The van der Waals surface area contributed by atoms with Crippen LogP contribution >= 0.6 is 0 Å². The molecule has 0 unspecified atom stereocenters. The molecule has 2 aliphatic heterocycles. The average Bonchev–Trinajstić information content (AvgIpc) is 3.73. The van der Waals surface area contributed by atoms with E-state index in [1.54, 1.807) is 0 Å².